The molecule has 47 heavy (non-hydrogen) atoms. The molecular weight excluding hydrogens is 685 g/mol. The van der Waals surface area contributed by atoms with Gasteiger partial charge in [0.2, 0.25) is 0 Å². The van der Waals surface area contributed by atoms with Gasteiger partial charge in [0.1, 0.15) is 43.7 Å². The molecule has 1 unspecified atom stereocenters. The molecule has 5 N–H and O–H groups in total. The first-order chi connectivity index (χ1) is 22.1. The second-order valence-electron chi connectivity index (χ2n) is 9.57. The van der Waals surface area contributed by atoms with E-state index in [4.69, 9.17) is 47.8 Å². The molecule has 0 amide bonds. The van der Waals surface area contributed by atoms with E-state index in [-0.39, 0.29) is 46.2 Å². The largest absolute Gasteiger partial charge is 0.499 e. The van der Waals surface area contributed by atoms with E-state index in [9.17, 15) is 18.6 Å². The smallest absolute Gasteiger partial charge is 0.469 e. The molecule has 16 nitrogen and oxygen atoms in total. The molecule has 0 aliphatic heterocycles. The van der Waals surface area contributed by atoms with E-state index in [1.165, 1.54) is 6.26 Å². The van der Waals surface area contributed by atoms with Crippen molar-refractivity contribution in [2.45, 2.75) is 0 Å². The summed E-state index contributed by atoms with van der Waals surface area (Å²) in [5.74, 6) is 1.25. The SMILES string of the molecule is COCCOc1cc(-c2cccc(OCCOP(=O)(O)O)c2)c(/C=C/OCCOP(C)(=O)O)c2cc(OCCOP(=O)(O)O)ccc12. The predicted octanol–water partition coefficient (Wildman–Crippen LogP) is 4.33. The standard InChI is InChI=1S/C28H37O16P3/c1-37-10-12-41-28-20-26(21-4-3-5-22(18-21)39-13-16-43-46(31,32)33)24(8-9-38-11-15-42-45(2,29)30)27-19-23(6-7-25(27)28)40-14-17-44-47(34,35)36/h3-9,18-20H,10-17H2,1-2H3,(H,29,30)(H2,31,32,33)(H2,34,35,36)/b9-8+. The lowest BCUT2D eigenvalue weighted by atomic mass is 9.93. The van der Waals surface area contributed by atoms with Crippen molar-refractivity contribution in [2.24, 2.45) is 0 Å². The van der Waals surface area contributed by atoms with Crippen LogP contribution in [-0.4, -0.2) is 91.1 Å². The average Bonchev–Trinajstić information content (AvgIpc) is 2.98. The molecule has 0 heterocycles. The molecule has 0 aromatic heterocycles. The molecule has 260 valence electrons. The molecule has 0 bridgehead atoms. The summed E-state index contributed by atoms with van der Waals surface area (Å²) in [7, 11) is -11.4. The van der Waals surface area contributed by atoms with Crippen molar-refractivity contribution in [1.29, 1.82) is 0 Å². The summed E-state index contributed by atoms with van der Waals surface area (Å²) in [6, 6.07) is 13.8. The van der Waals surface area contributed by atoms with Crippen LogP contribution in [0.3, 0.4) is 0 Å². The van der Waals surface area contributed by atoms with Crippen molar-refractivity contribution in [3.05, 3.63) is 60.4 Å². The Morgan fingerprint density at radius 2 is 1.28 bits per heavy atom. The Morgan fingerprint density at radius 1 is 0.660 bits per heavy atom. The minimum absolute atomic E-state index is 0.0195. The van der Waals surface area contributed by atoms with Gasteiger partial charge in [0.25, 0.3) is 0 Å². The maximum Gasteiger partial charge on any atom is 0.469 e. The number of benzene rings is 3. The van der Waals surface area contributed by atoms with E-state index in [0.717, 1.165) is 6.66 Å². The van der Waals surface area contributed by atoms with Crippen LogP contribution in [0.1, 0.15) is 5.56 Å². The van der Waals surface area contributed by atoms with Crippen LogP contribution in [0.4, 0.5) is 0 Å². The third-order valence-corrected chi connectivity index (χ3v) is 7.59. The lowest BCUT2D eigenvalue weighted by Gasteiger charge is -2.18. The molecular formula is C28H37O16P3. The summed E-state index contributed by atoms with van der Waals surface area (Å²) >= 11 is 0. The number of methoxy groups -OCH3 is 1. The fourth-order valence-corrected chi connectivity index (χ4v) is 5.12. The van der Waals surface area contributed by atoms with Gasteiger partial charge in [-0.25, -0.2) is 9.13 Å². The van der Waals surface area contributed by atoms with Crippen LogP contribution < -0.4 is 14.2 Å². The Hall–Kier alpha value is -2.81. The van der Waals surface area contributed by atoms with E-state index in [2.05, 4.69) is 9.05 Å². The maximum atomic E-state index is 11.4. The molecule has 0 fully saturated rings. The summed E-state index contributed by atoms with van der Waals surface area (Å²) < 4.78 is 75.3. The molecule has 0 aliphatic rings. The molecule has 0 aliphatic carbocycles. The highest BCUT2D eigenvalue weighted by Crippen LogP contribution is 2.41. The van der Waals surface area contributed by atoms with E-state index in [1.54, 1.807) is 49.6 Å². The Bertz CT molecular complexity index is 1630. The van der Waals surface area contributed by atoms with Gasteiger partial charge in [0.05, 0.1) is 32.7 Å². The molecule has 0 saturated carbocycles. The molecule has 0 spiro atoms. The number of ether oxygens (including phenoxy) is 5. The highest BCUT2D eigenvalue weighted by Gasteiger charge is 2.17. The number of rotatable bonds is 21. The van der Waals surface area contributed by atoms with Gasteiger partial charge in [0, 0.05) is 19.2 Å². The topological polar surface area (TPSA) is 226 Å². The summed E-state index contributed by atoms with van der Waals surface area (Å²) in [4.78, 5) is 45.1. The first-order valence-electron chi connectivity index (χ1n) is 13.9. The lowest BCUT2D eigenvalue weighted by Crippen LogP contribution is -2.06. The summed E-state index contributed by atoms with van der Waals surface area (Å²) in [6.07, 6.45) is 3.06. The number of phosphoric acid groups is 2. The summed E-state index contributed by atoms with van der Waals surface area (Å²) in [5, 5.41) is 1.31. The molecule has 0 saturated heterocycles. The molecule has 3 rings (SSSR count). The van der Waals surface area contributed by atoms with Crippen molar-refractivity contribution in [2.75, 3.05) is 66.6 Å². The Balaban J connectivity index is 2.04. The van der Waals surface area contributed by atoms with Crippen molar-refractivity contribution >= 4 is 40.1 Å². The number of hydrogen-bond donors (Lipinski definition) is 5. The third kappa shape index (κ3) is 14.5. The molecule has 1 atom stereocenters. The van der Waals surface area contributed by atoms with Crippen molar-refractivity contribution in [3.8, 4) is 28.4 Å². The van der Waals surface area contributed by atoms with Crippen LogP contribution in [0, 0.1) is 0 Å². The molecule has 3 aromatic rings. The van der Waals surface area contributed by atoms with Crippen LogP contribution in [0.2, 0.25) is 0 Å². The minimum atomic E-state index is -4.67. The van der Waals surface area contributed by atoms with Crippen LogP contribution in [0.25, 0.3) is 28.0 Å². The van der Waals surface area contributed by atoms with Crippen molar-refractivity contribution in [1.82, 2.24) is 0 Å². The normalized spacial score (nSPS) is 13.5. The molecule has 3 aromatic carbocycles. The summed E-state index contributed by atoms with van der Waals surface area (Å²) in [5.41, 5.74) is 1.93. The van der Waals surface area contributed by atoms with E-state index in [0.29, 0.717) is 51.3 Å². The fraction of sp³-hybridized carbons (Fsp3) is 0.357. The monoisotopic (exact) mass is 722 g/mol. The fourth-order valence-electron chi connectivity index (χ4n) is 4.08. The number of fused-ring (bicyclic) bond motifs is 1. The Labute approximate surface area is 270 Å². The maximum absolute atomic E-state index is 11.4. The summed E-state index contributed by atoms with van der Waals surface area (Å²) in [6.45, 7) is 0.471. The zero-order valence-electron chi connectivity index (χ0n) is 25.5. The average molecular weight is 723 g/mol. The minimum Gasteiger partial charge on any atom is -0.499 e. The van der Waals surface area contributed by atoms with Gasteiger partial charge in [0.15, 0.2) is 0 Å². The number of phosphoric ester groups is 2. The van der Waals surface area contributed by atoms with Crippen molar-refractivity contribution in [3.63, 3.8) is 0 Å². The van der Waals surface area contributed by atoms with E-state index >= 15 is 0 Å². The van der Waals surface area contributed by atoms with Crippen LogP contribution in [0.5, 0.6) is 17.2 Å². The quantitative estimate of drug-likeness (QED) is 0.0586. The van der Waals surface area contributed by atoms with Gasteiger partial charge >= 0.3 is 23.2 Å². The van der Waals surface area contributed by atoms with Crippen LogP contribution in [0.15, 0.2) is 54.8 Å². The van der Waals surface area contributed by atoms with E-state index < -0.39 is 23.2 Å². The molecule has 19 heteroatoms. The molecule has 0 radical (unpaired) electrons. The number of hydrogen-bond acceptors (Lipinski definition) is 11. The predicted molar refractivity (Wildman–Crippen MR) is 170 cm³/mol. The van der Waals surface area contributed by atoms with Crippen molar-refractivity contribution < 1.29 is 75.4 Å². The van der Waals surface area contributed by atoms with Gasteiger partial charge < -0.3 is 52.7 Å². The van der Waals surface area contributed by atoms with Crippen LogP contribution in [-0.2, 0) is 36.7 Å². The Morgan fingerprint density at radius 3 is 1.89 bits per heavy atom. The first kappa shape index (κ1) is 38.6. The zero-order chi connectivity index (χ0) is 34.5. The lowest BCUT2D eigenvalue weighted by molar-refractivity contribution is 0.147. The van der Waals surface area contributed by atoms with E-state index in [1.807, 2.05) is 12.1 Å². The first-order valence-corrected chi connectivity index (χ1v) is 19.0. The highest BCUT2D eigenvalue weighted by molar-refractivity contribution is 7.51. The second kappa shape index (κ2) is 18.1. The van der Waals surface area contributed by atoms with Gasteiger partial charge in [-0.3, -0.25) is 13.6 Å². The zero-order valence-corrected chi connectivity index (χ0v) is 28.2. The Kier molecular flexibility index (Phi) is 14.9. The third-order valence-electron chi connectivity index (χ3n) is 5.89. The van der Waals surface area contributed by atoms with Gasteiger partial charge in [-0.2, -0.15) is 0 Å². The highest BCUT2D eigenvalue weighted by atomic mass is 31.2. The second-order valence-corrected chi connectivity index (χ2v) is 13.9. The van der Waals surface area contributed by atoms with Crippen LogP contribution >= 0.6 is 23.2 Å². The van der Waals surface area contributed by atoms with Gasteiger partial charge in [-0.1, -0.05) is 12.1 Å². The van der Waals surface area contributed by atoms with Gasteiger partial charge in [-0.05, 0) is 64.6 Å². The van der Waals surface area contributed by atoms with Gasteiger partial charge in [-0.15, -0.1) is 0 Å².